The van der Waals surface area contributed by atoms with Gasteiger partial charge in [0.05, 0.1) is 11.4 Å². The molecule has 1 aliphatic carbocycles. The van der Waals surface area contributed by atoms with Crippen LogP contribution < -0.4 is 0 Å². The summed E-state index contributed by atoms with van der Waals surface area (Å²) < 4.78 is 0. The molecule has 0 aliphatic heterocycles. The average Bonchev–Trinajstić information content (AvgIpc) is 2.68. The van der Waals surface area contributed by atoms with Crippen LogP contribution in [0.4, 0.5) is 0 Å². The van der Waals surface area contributed by atoms with Crippen LogP contribution in [0.25, 0.3) is 10.9 Å². The van der Waals surface area contributed by atoms with Gasteiger partial charge in [-0.1, -0.05) is 47.6 Å². The SMILES string of the molecule is CC1=C[C](c2cccc3cccnc23)C(C)=C1. The number of benzene rings is 1. The highest BCUT2D eigenvalue weighted by Gasteiger charge is 2.19. The number of nitrogens with zero attached hydrogens (tertiary/aromatic N) is 1. The first-order valence-electron chi connectivity index (χ1n) is 5.84. The summed E-state index contributed by atoms with van der Waals surface area (Å²) in [6.07, 6.45) is 6.31. The second kappa shape index (κ2) is 3.85. The van der Waals surface area contributed by atoms with Crippen molar-refractivity contribution >= 4 is 10.9 Å². The topological polar surface area (TPSA) is 12.9 Å². The van der Waals surface area contributed by atoms with E-state index < -0.39 is 0 Å². The van der Waals surface area contributed by atoms with Crippen molar-refractivity contribution in [3.63, 3.8) is 0 Å². The molecule has 1 aromatic heterocycles. The smallest absolute Gasteiger partial charge is 0.0746 e. The third-order valence-electron chi connectivity index (χ3n) is 3.16. The molecule has 0 bridgehead atoms. The van der Waals surface area contributed by atoms with Crippen LogP contribution in [0.2, 0.25) is 0 Å². The normalized spacial score (nSPS) is 16.1. The lowest BCUT2D eigenvalue weighted by atomic mass is 9.93. The Labute approximate surface area is 102 Å². The third kappa shape index (κ3) is 1.68. The van der Waals surface area contributed by atoms with Crippen molar-refractivity contribution in [2.75, 3.05) is 0 Å². The van der Waals surface area contributed by atoms with Gasteiger partial charge in [-0.3, -0.25) is 4.98 Å². The van der Waals surface area contributed by atoms with Gasteiger partial charge in [-0.2, -0.15) is 0 Å². The van der Waals surface area contributed by atoms with Crippen molar-refractivity contribution in [1.29, 1.82) is 0 Å². The fraction of sp³-hybridized carbons (Fsp3) is 0.125. The first-order valence-corrected chi connectivity index (χ1v) is 5.84. The number of pyridine rings is 1. The van der Waals surface area contributed by atoms with E-state index in [0.717, 1.165) is 5.52 Å². The Kier molecular flexibility index (Phi) is 2.32. The number of para-hydroxylation sites is 1. The lowest BCUT2D eigenvalue weighted by Crippen LogP contribution is -1.97. The summed E-state index contributed by atoms with van der Waals surface area (Å²) in [5, 5.41) is 1.20. The minimum absolute atomic E-state index is 1.09. The highest BCUT2D eigenvalue weighted by atomic mass is 14.7. The maximum Gasteiger partial charge on any atom is 0.0746 e. The Hall–Kier alpha value is -1.89. The average molecular weight is 220 g/mol. The number of hydrogen-bond donors (Lipinski definition) is 0. The predicted octanol–water partition coefficient (Wildman–Crippen LogP) is 4.06. The predicted molar refractivity (Wildman–Crippen MR) is 71.6 cm³/mol. The summed E-state index contributed by atoms with van der Waals surface area (Å²) in [7, 11) is 0. The van der Waals surface area contributed by atoms with Crippen molar-refractivity contribution in [3.8, 4) is 0 Å². The number of rotatable bonds is 1. The van der Waals surface area contributed by atoms with Crippen LogP contribution in [0.1, 0.15) is 19.4 Å². The highest BCUT2D eigenvalue weighted by molar-refractivity contribution is 5.85. The molecule has 1 radical (unpaired) electrons. The zero-order valence-electron chi connectivity index (χ0n) is 10.1. The van der Waals surface area contributed by atoms with Crippen LogP contribution in [0.15, 0.2) is 59.8 Å². The number of fused-ring (bicyclic) bond motifs is 1. The second-order valence-corrected chi connectivity index (χ2v) is 4.51. The molecule has 0 N–H and O–H groups in total. The Balaban J connectivity index is 2.22. The Morgan fingerprint density at radius 1 is 0.941 bits per heavy atom. The molecule has 3 rings (SSSR count). The van der Waals surface area contributed by atoms with Gasteiger partial charge in [0.1, 0.15) is 0 Å². The van der Waals surface area contributed by atoms with Crippen LogP contribution in [0.3, 0.4) is 0 Å². The minimum Gasteiger partial charge on any atom is -0.256 e. The quantitative estimate of drug-likeness (QED) is 0.706. The zero-order valence-corrected chi connectivity index (χ0v) is 10.1. The van der Waals surface area contributed by atoms with Crippen LogP contribution >= 0.6 is 0 Å². The maximum atomic E-state index is 4.51. The molecule has 0 fully saturated rings. The molecule has 1 aliphatic rings. The first kappa shape index (κ1) is 10.3. The molecule has 83 valence electrons. The molecule has 1 heterocycles. The number of allylic oxidation sites excluding steroid dienone is 4. The van der Waals surface area contributed by atoms with E-state index in [9.17, 15) is 0 Å². The summed E-state index contributed by atoms with van der Waals surface area (Å²) in [6.45, 7) is 4.29. The third-order valence-corrected chi connectivity index (χ3v) is 3.16. The largest absolute Gasteiger partial charge is 0.256 e. The molecule has 2 aromatic rings. The molecule has 0 saturated heterocycles. The molecule has 0 amide bonds. The van der Waals surface area contributed by atoms with E-state index in [1.807, 2.05) is 12.3 Å². The van der Waals surface area contributed by atoms with Gasteiger partial charge < -0.3 is 0 Å². The fourth-order valence-corrected chi connectivity index (χ4v) is 2.41. The standard InChI is InChI=1S/C16H14N/c1-11-9-12(2)15(10-11)14-7-3-5-13-6-4-8-17-16(13)14/h3-10H,1-2H3. The van der Waals surface area contributed by atoms with Gasteiger partial charge in [-0.05, 0) is 25.5 Å². The van der Waals surface area contributed by atoms with E-state index in [2.05, 4.69) is 55.2 Å². The zero-order chi connectivity index (χ0) is 11.8. The summed E-state index contributed by atoms with van der Waals surface area (Å²) in [5.74, 6) is 1.30. The molecule has 17 heavy (non-hydrogen) atoms. The van der Waals surface area contributed by atoms with Crippen LogP contribution in [-0.2, 0) is 0 Å². The molecule has 1 aromatic carbocycles. The Bertz CT molecular complexity index is 630. The van der Waals surface area contributed by atoms with E-state index >= 15 is 0 Å². The van der Waals surface area contributed by atoms with Crippen LogP contribution in [0.5, 0.6) is 0 Å². The lowest BCUT2D eigenvalue weighted by Gasteiger charge is -2.12. The minimum atomic E-state index is 1.09. The van der Waals surface area contributed by atoms with Crippen molar-refractivity contribution in [3.05, 3.63) is 71.3 Å². The molecular formula is C16H14N. The Morgan fingerprint density at radius 3 is 2.53 bits per heavy atom. The summed E-state index contributed by atoms with van der Waals surface area (Å²) in [5.41, 5.74) is 4.95. The monoisotopic (exact) mass is 220 g/mol. The number of hydrogen-bond acceptors (Lipinski definition) is 1. The fourth-order valence-electron chi connectivity index (χ4n) is 2.41. The van der Waals surface area contributed by atoms with Gasteiger partial charge >= 0.3 is 0 Å². The van der Waals surface area contributed by atoms with Crippen molar-refractivity contribution < 1.29 is 0 Å². The van der Waals surface area contributed by atoms with Gasteiger partial charge in [-0.15, -0.1) is 0 Å². The van der Waals surface area contributed by atoms with E-state index in [0.29, 0.717) is 0 Å². The van der Waals surface area contributed by atoms with E-state index in [4.69, 9.17) is 0 Å². The van der Waals surface area contributed by atoms with E-state index in [1.54, 1.807) is 0 Å². The first-order chi connectivity index (χ1) is 8.25. The van der Waals surface area contributed by atoms with Gasteiger partial charge in [0, 0.05) is 11.6 Å². The van der Waals surface area contributed by atoms with Crippen molar-refractivity contribution in [2.45, 2.75) is 13.8 Å². The van der Waals surface area contributed by atoms with Gasteiger partial charge in [-0.25, -0.2) is 0 Å². The molecule has 0 atom stereocenters. The Morgan fingerprint density at radius 2 is 1.76 bits per heavy atom. The van der Waals surface area contributed by atoms with E-state index in [-0.39, 0.29) is 0 Å². The molecule has 0 saturated carbocycles. The molecule has 0 unspecified atom stereocenters. The van der Waals surface area contributed by atoms with Gasteiger partial charge in [0.2, 0.25) is 0 Å². The summed E-state index contributed by atoms with van der Waals surface area (Å²) in [6, 6.07) is 10.4. The van der Waals surface area contributed by atoms with E-state index in [1.165, 1.54) is 28.0 Å². The molecule has 1 nitrogen and oxygen atoms in total. The van der Waals surface area contributed by atoms with Crippen molar-refractivity contribution in [2.24, 2.45) is 0 Å². The highest BCUT2D eigenvalue weighted by Crippen LogP contribution is 2.34. The van der Waals surface area contributed by atoms with Crippen molar-refractivity contribution in [1.82, 2.24) is 4.98 Å². The lowest BCUT2D eigenvalue weighted by molar-refractivity contribution is 1.26. The molecule has 1 heteroatoms. The summed E-state index contributed by atoms with van der Waals surface area (Å²) >= 11 is 0. The second-order valence-electron chi connectivity index (χ2n) is 4.51. The maximum absolute atomic E-state index is 4.51. The number of aromatic nitrogens is 1. The van der Waals surface area contributed by atoms with Crippen LogP contribution in [-0.4, -0.2) is 4.98 Å². The molecule has 0 spiro atoms. The van der Waals surface area contributed by atoms with Crippen LogP contribution in [0, 0.1) is 5.92 Å². The summed E-state index contributed by atoms with van der Waals surface area (Å²) in [4.78, 5) is 4.51. The van der Waals surface area contributed by atoms with Gasteiger partial charge in [0.15, 0.2) is 0 Å². The molecular weight excluding hydrogens is 206 g/mol. The van der Waals surface area contributed by atoms with Gasteiger partial charge in [0.25, 0.3) is 0 Å².